The first-order chi connectivity index (χ1) is 11.6. The van der Waals surface area contributed by atoms with Crippen LogP contribution in [0.1, 0.15) is 34.3 Å². The zero-order valence-electron chi connectivity index (χ0n) is 13.7. The summed E-state index contributed by atoms with van der Waals surface area (Å²) < 4.78 is 0. The van der Waals surface area contributed by atoms with Crippen LogP contribution in [0.25, 0.3) is 0 Å². The van der Waals surface area contributed by atoms with E-state index in [0.717, 1.165) is 29.1 Å². The molecule has 124 valence electrons. The van der Waals surface area contributed by atoms with Crippen LogP contribution >= 0.6 is 11.3 Å². The van der Waals surface area contributed by atoms with Gasteiger partial charge in [-0.05, 0) is 54.8 Å². The number of nitrogens with zero attached hydrogens (tertiary/aromatic N) is 2. The van der Waals surface area contributed by atoms with Gasteiger partial charge in [-0.1, -0.05) is 6.07 Å². The molecule has 0 bridgehead atoms. The summed E-state index contributed by atoms with van der Waals surface area (Å²) in [4.78, 5) is 17.0. The molecule has 0 fully saturated rings. The molecule has 0 aliphatic heterocycles. The maximum atomic E-state index is 12.5. The smallest absolute Gasteiger partial charge is 0.225 e. The van der Waals surface area contributed by atoms with Gasteiger partial charge >= 0.3 is 0 Å². The van der Waals surface area contributed by atoms with Gasteiger partial charge in [0.15, 0.2) is 0 Å². The Balaban J connectivity index is 1.75. The van der Waals surface area contributed by atoms with E-state index in [0.29, 0.717) is 6.42 Å². The van der Waals surface area contributed by atoms with Gasteiger partial charge in [0.2, 0.25) is 5.91 Å². The average molecular weight is 340 g/mol. The highest BCUT2D eigenvalue weighted by molar-refractivity contribution is 7.07. The van der Waals surface area contributed by atoms with E-state index in [1.807, 2.05) is 37.4 Å². The molecule has 0 aliphatic carbocycles. The van der Waals surface area contributed by atoms with E-state index in [4.69, 9.17) is 0 Å². The van der Waals surface area contributed by atoms with Crippen LogP contribution in [-0.4, -0.2) is 21.1 Å². The Bertz CT molecular complexity index is 776. The number of aromatic nitrogens is 3. The summed E-state index contributed by atoms with van der Waals surface area (Å²) in [6.45, 7) is 3.85. The van der Waals surface area contributed by atoms with E-state index in [1.165, 1.54) is 5.56 Å². The molecule has 3 rings (SSSR count). The predicted molar refractivity (Wildman–Crippen MR) is 94.9 cm³/mol. The molecule has 0 spiro atoms. The van der Waals surface area contributed by atoms with Gasteiger partial charge in [-0.25, -0.2) is 0 Å². The van der Waals surface area contributed by atoms with E-state index >= 15 is 0 Å². The Kier molecular flexibility index (Phi) is 5.05. The van der Waals surface area contributed by atoms with E-state index in [2.05, 4.69) is 31.9 Å². The number of hydrogen-bond acceptors (Lipinski definition) is 4. The maximum Gasteiger partial charge on any atom is 0.225 e. The van der Waals surface area contributed by atoms with Crippen LogP contribution in [0.4, 0.5) is 0 Å². The van der Waals surface area contributed by atoms with Crippen molar-refractivity contribution in [2.24, 2.45) is 0 Å². The second-order valence-corrected chi connectivity index (χ2v) is 6.58. The number of aryl methyl sites for hydroxylation is 2. The van der Waals surface area contributed by atoms with Crippen molar-refractivity contribution in [3.05, 3.63) is 69.4 Å². The van der Waals surface area contributed by atoms with E-state index in [-0.39, 0.29) is 11.9 Å². The summed E-state index contributed by atoms with van der Waals surface area (Å²) in [5.74, 6) is -0.0199. The van der Waals surface area contributed by atoms with Gasteiger partial charge in [0.25, 0.3) is 0 Å². The number of aromatic amines is 1. The fraction of sp³-hybridized carbons (Fsp3) is 0.278. The molecule has 0 unspecified atom stereocenters. The Labute approximate surface area is 145 Å². The lowest BCUT2D eigenvalue weighted by molar-refractivity contribution is -0.121. The first-order valence-corrected chi connectivity index (χ1v) is 8.79. The lowest BCUT2D eigenvalue weighted by Gasteiger charge is -2.18. The van der Waals surface area contributed by atoms with Crippen LogP contribution in [0.5, 0.6) is 0 Å². The van der Waals surface area contributed by atoms with Gasteiger partial charge < -0.3 is 5.32 Å². The van der Waals surface area contributed by atoms with Crippen LogP contribution in [0, 0.1) is 13.8 Å². The molecule has 0 aliphatic rings. The van der Waals surface area contributed by atoms with Gasteiger partial charge in [-0.2, -0.15) is 16.4 Å². The maximum absolute atomic E-state index is 12.5. The number of carbonyl (C=O) groups is 1. The Hall–Kier alpha value is -2.47. The number of nitrogens with one attached hydrogen (secondary N) is 2. The van der Waals surface area contributed by atoms with Crippen molar-refractivity contribution in [1.29, 1.82) is 0 Å². The first-order valence-electron chi connectivity index (χ1n) is 7.85. The van der Waals surface area contributed by atoms with Gasteiger partial charge in [0, 0.05) is 17.5 Å². The molecular weight excluding hydrogens is 320 g/mol. The number of amides is 1. The van der Waals surface area contributed by atoms with Crippen molar-refractivity contribution >= 4 is 17.2 Å². The van der Waals surface area contributed by atoms with Crippen molar-refractivity contribution in [1.82, 2.24) is 20.5 Å². The van der Waals surface area contributed by atoms with E-state index in [1.54, 1.807) is 17.5 Å². The third kappa shape index (κ3) is 3.89. The highest BCUT2D eigenvalue weighted by atomic mass is 32.1. The zero-order chi connectivity index (χ0) is 16.9. The fourth-order valence-electron chi connectivity index (χ4n) is 2.70. The molecule has 0 radical (unpaired) electrons. The molecule has 24 heavy (non-hydrogen) atoms. The van der Waals surface area contributed by atoms with Crippen molar-refractivity contribution in [2.75, 3.05) is 0 Å². The van der Waals surface area contributed by atoms with Crippen LogP contribution in [-0.2, 0) is 17.6 Å². The third-order valence-corrected chi connectivity index (χ3v) is 4.75. The highest BCUT2D eigenvalue weighted by Crippen LogP contribution is 2.19. The minimum atomic E-state index is -0.138. The lowest BCUT2D eigenvalue weighted by atomic mass is 10.0. The molecule has 6 heteroatoms. The molecule has 2 N–H and O–H groups in total. The van der Waals surface area contributed by atoms with Crippen LogP contribution < -0.4 is 5.32 Å². The van der Waals surface area contributed by atoms with Gasteiger partial charge in [-0.15, -0.1) is 0 Å². The van der Waals surface area contributed by atoms with Crippen LogP contribution in [0.3, 0.4) is 0 Å². The minimum absolute atomic E-state index is 0.0199. The Morgan fingerprint density at radius 1 is 1.33 bits per heavy atom. The van der Waals surface area contributed by atoms with Crippen molar-refractivity contribution in [2.45, 2.75) is 32.7 Å². The molecular formula is C18H20N4OS. The highest BCUT2D eigenvalue weighted by Gasteiger charge is 2.18. The molecule has 0 saturated heterocycles. The number of rotatable bonds is 6. The summed E-state index contributed by atoms with van der Waals surface area (Å²) in [6, 6.07) is 7.72. The summed E-state index contributed by atoms with van der Waals surface area (Å²) >= 11 is 1.66. The summed E-state index contributed by atoms with van der Waals surface area (Å²) in [5.41, 5.74) is 4.84. The molecule has 0 saturated carbocycles. The average Bonchev–Trinajstić information content (AvgIpc) is 3.20. The molecule has 3 heterocycles. The van der Waals surface area contributed by atoms with E-state index < -0.39 is 0 Å². The lowest BCUT2D eigenvalue weighted by Crippen LogP contribution is -2.31. The molecule has 1 amide bonds. The SMILES string of the molecule is Cc1n[nH]c(C)c1CC(=O)N[C@H](Cc1ccsc1)c1ccccn1. The molecule has 1 atom stereocenters. The van der Waals surface area contributed by atoms with Gasteiger partial charge in [0.1, 0.15) is 0 Å². The number of pyridine rings is 1. The second kappa shape index (κ2) is 7.40. The van der Waals surface area contributed by atoms with Crippen LogP contribution in [0.2, 0.25) is 0 Å². The largest absolute Gasteiger partial charge is 0.347 e. The Morgan fingerprint density at radius 2 is 2.21 bits per heavy atom. The number of H-pyrrole nitrogens is 1. The molecule has 3 aromatic rings. The van der Waals surface area contributed by atoms with E-state index in [9.17, 15) is 4.79 Å². The monoisotopic (exact) mass is 340 g/mol. The van der Waals surface area contributed by atoms with Gasteiger partial charge in [-0.3, -0.25) is 14.9 Å². The minimum Gasteiger partial charge on any atom is -0.347 e. The third-order valence-electron chi connectivity index (χ3n) is 4.02. The Morgan fingerprint density at radius 3 is 2.83 bits per heavy atom. The van der Waals surface area contributed by atoms with Gasteiger partial charge in [0.05, 0.1) is 23.9 Å². The number of thiophene rings is 1. The second-order valence-electron chi connectivity index (χ2n) is 5.80. The molecule has 5 nitrogen and oxygen atoms in total. The number of carbonyl (C=O) groups excluding carboxylic acids is 1. The van der Waals surface area contributed by atoms with Crippen molar-refractivity contribution in [3.63, 3.8) is 0 Å². The van der Waals surface area contributed by atoms with Crippen molar-refractivity contribution in [3.8, 4) is 0 Å². The standard InChI is InChI=1S/C18H20N4OS/c1-12-15(13(2)22-21-12)10-18(23)20-17(9-14-6-8-24-11-14)16-5-3-4-7-19-16/h3-8,11,17H,9-10H2,1-2H3,(H,20,23)(H,21,22)/t17-/m1/s1. The first kappa shape index (κ1) is 16.4. The number of hydrogen-bond donors (Lipinski definition) is 2. The molecule has 0 aromatic carbocycles. The quantitative estimate of drug-likeness (QED) is 0.724. The van der Waals surface area contributed by atoms with Crippen molar-refractivity contribution < 1.29 is 4.79 Å². The summed E-state index contributed by atoms with van der Waals surface area (Å²) in [7, 11) is 0. The summed E-state index contributed by atoms with van der Waals surface area (Å²) in [6.07, 6.45) is 2.81. The fourth-order valence-corrected chi connectivity index (χ4v) is 3.38. The normalized spacial score (nSPS) is 12.1. The van der Waals surface area contributed by atoms with Crippen LogP contribution in [0.15, 0.2) is 41.2 Å². The zero-order valence-corrected chi connectivity index (χ0v) is 14.6. The molecule has 3 aromatic heterocycles. The predicted octanol–water partition coefficient (Wildman–Crippen LogP) is 3.13. The topological polar surface area (TPSA) is 70.7 Å². The summed E-state index contributed by atoms with van der Waals surface area (Å²) in [5, 5.41) is 14.3.